The van der Waals surface area contributed by atoms with Crippen molar-refractivity contribution in [1.29, 1.82) is 0 Å². The van der Waals surface area contributed by atoms with Crippen LogP contribution in [0.5, 0.6) is 0 Å². The zero-order valence-electron chi connectivity index (χ0n) is 15.7. The van der Waals surface area contributed by atoms with Gasteiger partial charge in [-0.05, 0) is 43.9 Å². The maximum Gasteiger partial charge on any atom is 0.257 e. The fraction of sp³-hybridized carbons (Fsp3) is 0.571. The molecule has 2 atom stereocenters. The Morgan fingerprint density at radius 2 is 1.61 bits per heavy atom. The lowest BCUT2D eigenvalue weighted by Gasteiger charge is -2.41. The van der Waals surface area contributed by atoms with E-state index < -0.39 is 11.7 Å². The third kappa shape index (κ3) is 3.66. The van der Waals surface area contributed by atoms with Gasteiger partial charge in [0.25, 0.3) is 5.91 Å². The number of benzene rings is 1. The molecule has 1 heterocycles. The third-order valence-corrected chi connectivity index (χ3v) is 6.67. The molecule has 0 N–H and O–H groups in total. The van der Waals surface area contributed by atoms with E-state index in [4.69, 9.17) is 11.6 Å². The molecule has 150 valence electrons. The van der Waals surface area contributed by atoms with E-state index >= 15 is 0 Å². The van der Waals surface area contributed by atoms with Crippen molar-refractivity contribution in [2.75, 3.05) is 26.2 Å². The molecule has 2 amide bonds. The second kappa shape index (κ2) is 7.82. The highest BCUT2D eigenvalue weighted by molar-refractivity contribution is 6.31. The largest absolute Gasteiger partial charge is 0.339 e. The van der Waals surface area contributed by atoms with Crippen LogP contribution in [-0.4, -0.2) is 53.6 Å². The quantitative estimate of drug-likeness (QED) is 0.758. The highest BCUT2D eigenvalue weighted by Crippen LogP contribution is 2.40. The van der Waals surface area contributed by atoms with Crippen LogP contribution in [0.4, 0.5) is 4.39 Å². The van der Waals surface area contributed by atoms with Crippen molar-refractivity contribution in [2.45, 2.75) is 32.1 Å². The van der Waals surface area contributed by atoms with Crippen LogP contribution in [0.15, 0.2) is 18.2 Å². The van der Waals surface area contributed by atoms with E-state index in [1.54, 1.807) is 9.80 Å². The third-order valence-electron chi connectivity index (χ3n) is 6.43. The smallest absolute Gasteiger partial charge is 0.257 e. The fourth-order valence-electron chi connectivity index (χ4n) is 4.90. The molecule has 0 spiro atoms. The summed E-state index contributed by atoms with van der Waals surface area (Å²) in [6, 6.07) is 3.94. The molecule has 3 fully saturated rings. The molecule has 1 aliphatic heterocycles. The highest BCUT2D eigenvalue weighted by Gasteiger charge is 2.42. The molecule has 0 aromatic heterocycles. The van der Waals surface area contributed by atoms with Crippen molar-refractivity contribution in [2.24, 2.45) is 17.8 Å². The molecule has 2 aliphatic carbocycles. The van der Waals surface area contributed by atoms with Gasteiger partial charge in [-0.2, -0.15) is 0 Å². The number of ketones is 1. The normalized spacial score (nSPS) is 27.6. The zero-order chi connectivity index (χ0) is 19.8. The molecule has 4 rings (SSSR count). The van der Waals surface area contributed by atoms with Gasteiger partial charge in [-0.1, -0.05) is 18.0 Å². The van der Waals surface area contributed by atoms with Gasteiger partial charge >= 0.3 is 0 Å². The van der Waals surface area contributed by atoms with Crippen LogP contribution in [0.25, 0.3) is 0 Å². The number of rotatable bonds is 2. The highest BCUT2D eigenvalue weighted by atomic mass is 35.5. The summed E-state index contributed by atoms with van der Waals surface area (Å²) >= 11 is 5.89. The Morgan fingerprint density at radius 3 is 2.25 bits per heavy atom. The molecule has 1 aromatic carbocycles. The number of carbonyl (C=O) groups excluding carboxylic acids is 3. The first-order valence-corrected chi connectivity index (χ1v) is 10.4. The van der Waals surface area contributed by atoms with Gasteiger partial charge in [0.2, 0.25) is 5.91 Å². The predicted molar refractivity (Wildman–Crippen MR) is 102 cm³/mol. The summed E-state index contributed by atoms with van der Waals surface area (Å²) in [5.41, 5.74) is -0.0362. The second-order valence-corrected chi connectivity index (χ2v) is 8.57. The Balaban J connectivity index is 1.36. The molecule has 0 radical (unpaired) electrons. The lowest BCUT2D eigenvalue weighted by Crippen LogP contribution is -2.53. The van der Waals surface area contributed by atoms with E-state index in [2.05, 4.69) is 0 Å². The molecule has 5 nitrogen and oxygen atoms in total. The lowest BCUT2D eigenvalue weighted by molar-refractivity contribution is -0.144. The maximum absolute atomic E-state index is 14.0. The summed E-state index contributed by atoms with van der Waals surface area (Å²) in [5.74, 6) is -0.512. The predicted octanol–water partition coefficient (Wildman–Crippen LogP) is 3.16. The molecule has 2 unspecified atom stereocenters. The molecule has 7 heteroatoms. The Morgan fingerprint density at radius 1 is 1.00 bits per heavy atom. The van der Waals surface area contributed by atoms with Crippen LogP contribution >= 0.6 is 11.6 Å². The van der Waals surface area contributed by atoms with Gasteiger partial charge in [-0.3, -0.25) is 14.4 Å². The van der Waals surface area contributed by atoms with Gasteiger partial charge < -0.3 is 9.80 Å². The number of amides is 2. The first-order valence-electron chi connectivity index (χ1n) is 10.0. The summed E-state index contributed by atoms with van der Waals surface area (Å²) in [5, 5.41) is 0.316. The summed E-state index contributed by atoms with van der Waals surface area (Å²) in [6.07, 6.45) is 4.24. The van der Waals surface area contributed by atoms with Crippen molar-refractivity contribution in [1.82, 2.24) is 9.80 Å². The van der Waals surface area contributed by atoms with E-state index in [1.807, 2.05) is 0 Å². The van der Waals surface area contributed by atoms with Crippen LogP contribution < -0.4 is 0 Å². The van der Waals surface area contributed by atoms with Crippen LogP contribution in [0, 0.1) is 23.6 Å². The van der Waals surface area contributed by atoms with Crippen molar-refractivity contribution in [3.63, 3.8) is 0 Å². The number of halogens is 2. The van der Waals surface area contributed by atoms with Crippen LogP contribution in [-0.2, 0) is 9.59 Å². The zero-order valence-corrected chi connectivity index (χ0v) is 16.5. The van der Waals surface area contributed by atoms with Gasteiger partial charge in [-0.15, -0.1) is 0 Å². The molecule has 2 bridgehead atoms. The monoisotopic (exact) mass is 406 g/mol. The number of piperazine rings is 1. The Kier molecular flexibility index (Phi) is 5.41. The van der Waals surface area contributed by atoms with Crippen molar-refractivity contribution < 1.29 is 18.8 Å². The molecular formula is C21H24ClFN2O3. The molecule has 1 aromatic rings. The fourth-order valence-corrected chi connectivity index (χ4v) is 5.07. The van der Waals surface area contributed by atoms with Crippen molar-refractivity contribution >= 4 is 29.2 Å². The topological polar surface area (TPSA) is 57.7 Å². The number of hydrogen-bond acceptors (Lipinski definition) is 3. The van der Waals surface area contributed by atoms with Crippen LogP contribution in [0.1, 0.15) is 42.5 Å². The molecule has 28 heavy (non-hydrogen) atoms. The average molecular weight is 407 g/mol. The first kappa shape index (κ1) is 19.4. The van der Waals surface area contributed by atoms with E-state index in [1.165, 1.54) is 18.2 Å². The van der Waals surface area contributed by atoms with E-state index in [9.17, 15) is 18.8 Å². The molecule has 1 saturated heterocycles. The molecular weight excluding hydrogens is 383 g/mol. The van der Waals surface area contributed by atoms with Gasteiger partial charge in [0.1, 0.15) is 11.6 Å². The number of carbonyl (C=O) groups is 3. The summed E-state index contributed by atoms with van der Waals surface area (Å²) in [7, 11) is 0. The van der Waals surface area contributed by atoms with Crippen molar-refractivity contribution in [3.05, 3.63) is 34.6 Å². The van der Waals surface area contributed by atoms with Crippen LogP contribution in [0.3, 0.4) is 0 Å². The minimum absolute atomic E-state index is 0.0362. The molecule has 2 saturated carbocycles. The van der Waals surface area contributed by atoms with E-state index in [0.29, 0.717) is 49.8 Å². The van der Waals surface area contributed by atoms with Gasteiger partial charge in [0.05, 0.1) is 5.56 Å². The number of nitrogens with zero attached hydrogens (tertiary/aromatic N) is 2. The SMILES string of the molecule is O=C1C2CCCC1CC(C(=O)N1CCN(C(=O)c3cc(Cl)ccc3F)CC1)C2. The van der Waals surface area contributed by atoms with E-state index in [0.717, 1.165) is 19.3 Å². The average Bonchev–Trinajstić information content (AvgIpc) is 2.69. The Hall–Kier alpha value is -1.95. The Bertz CT molecular complexity index is 791. The lowest BCUT2D eigenvalue weighted by atomic mass is 9.67. The first-order chi connectivity index (χ1) is 13.4. The van der Waals surface area contributed by atoms with Gasteiger partial charge in [0.15, 0.2) is 0 Å². The van der Waals surface area contributed by atoms with E-state index in [-0.39, 0.29) is 29.2 Å². The van der Waals surface area contributed by atoms with Gasteiger partial charge in [-0.25, -0.2) is 4.39 Å². The Labute approximate surface area is 168 Å². The standard InChI is InChI=1S/C21H24ClFN2O3/c22-16-4-5-18(23)17(12-16)21(28)25-8-6-24(7-9-25)20(27)15-10-13-2-1-3-14(11-15)19(13)26/h4-5,12-15H,1-3,6-11H2. The number of hydrogen-bond donors (Lipinski definition) is 0. The van der Waals surface area contributed by atoms with Gasteiger partial charge in [0, 0.05) is 49.0 Å². The van der Waals surface area contributed by atoms with Crippen molar-refractivity contribution in [3.8, 4) is 0 Å². The molecule has 3 aliphatic rings. The second-order valence-electron chi connectivity index (χ2n) is 8.14. The number of fused-ring (bicyclic) bond motifs is 2. The minimum Gasteiger partial charge on any atom is -0.339 e. The summed E-state index contributed by atoms with van der Waals surface area (Å²) in [4.78, 5) is 41.2. The summed E-state index contributed by atoms with van der Waals surface area (Å²) in [6.45, 7) is 1.61. The maximum atomic E-state index is 14.0. The minimum atomic E-state index is -0.591. The summed E-state index contributed by atoms with van der Waals surface area (Å²) < 4.78 is 14.0. The number of Topliss-reactive ketones (excluding diaryl/α,β-unsaturated/α-hetero) is 1. The van der Waals surface area contributed by atoms with Crippen LogP contribution in [0.2, 0.25) is 5.02 Å².